The van der Waals surface area contributed by atoms with Crippen LogP contribution >= 0.6 is 11.3 Å². The van der Waals surface area contributed by atoms with Crippen LogP contribution in [-0.4, -0.2) is 16.2 Å². The van der Waals surface area contributed by atoms with Gasteiger partial charge < -0.3 is 14.4 Å². The summed E-state index contributed by atoms with van der Waals surface area (Å²) in [4.78, 5) is 10.8. The van der Waals surface area contributed by atoms with Crippen LogP contribution in [0.1, 0.15) is 15.4 Å². The summed E-state index contributed by atoms with van der Waals surface area (Å²) in [6, 6.07) is 3.16. The molecule has 0 atom stereocenters. The standard InChI is InChI=1S/C9H7NO4S/c11-9(12)8-3-7(5-15-8)13-4-6-1-2-10-14-6/h1-3,5H,4H2,(H,11,12). The molecular weight excluding hydrogens is 218 g/mol. The van der Waals surface area contributed by atoms with E-state index in [1.54, 1.807) is 11.4 Å². The average Bonchev–Trinajstić information content (AvgIpc) is 2.86. The van der Waals surface area contributed by atoms with Gasteiger partial charge in [0.05, 0.1) is 6.20 Å². The fourth-order valence-corrected chi connectivity index (χ4v) is 1.64. The summed E-state index contributed by atoms with van der Waals surface area (Å²) in [6.45, 7) is 0.246. The molecule has 0 unspecified atom stereocenters. The number of carbonyl (C=O) groups is 1. The molecule has 0 fully saturated rings. The lowest BCUT2D eigenvalue weighted by molar-refractivity contribution is 0.0702. The fourth-order valence-electron chi connectivity index (χ4n) is 0.978. The van der Waals surface area contributed by atoms with Crippen LogP contribution in [0.2, 0.25) is 0 Å². The quantitative estimate of drug-likeness (QED) is 0.861. The first-order valence-electron chi connectivity index (χ1n) is 4.10. The maximum Gasteiger partial charge on any atom is 0.346 e. The molecule has 2 aromatic heterocycles. The van der Waals surface area contributed by atoms with E-state index in [1.807, 2.05) is 0 Å². The van der Waals surface area contributed by atoms with Crippen molar-refractivity contribution in [3.8, 4) is 5.75 Å². The van der Waals surface area contributed by atoms with E-state index in [1.165, 1.54) is 12.3 Å². The van der Waals surface area contributed by atoms with E-state index in [-0.39, 0.29) is 11.5 Å². The van der Waals surface area contributed by atoms with Crippen LogP contribution in [-0.2, 0) is 6.61 Å². The Kier molecular flexibility index (Phi) is 2.68. The first-order valence-corrected chi connectivity index (χ1v) is 4.98. The van der Waals surface area contributed by atoms with Crippen molar-refractivity contribution in [3.63, 3.8) is 0 Å². The summed E-state index contributed by atoms with van der Waals surface area (Å²) in [5, 5.41) is 13.8. The third-order valence-corrected chi connectivity index (χ3v) is 2.56. The van der Waals surface area contributed by atoms with Crippen LogP contribution < -0.4 is 4.74 Å². The molecular formula is C9H7NO4S. The van der Waals surface area contributed by atoms with E-state index in [9.17, 15) is 4.79 Å². The Bertz CT molecular complexity index is 448. The molecule has 0 radical (unpaired) electrons. The zero-order valence-electron chi connectivity index (χ0n) is 7.54. The van der Waals surface area contributed by atoms with Gasteiger partial charge >= 0.3 is 5.97 Å². The van der Waals surface area contributed by atoms with Gasteiger partial charge in [0, 0.05) is 17.5 Å². The monoisotopic (exact) mass is 225 g/mol. The summed E-state index contributed by atoms with van der Waals surface area (Å²) in [7, 11) is 0. The summed E-state index contributed by atoms with van der Waals surface area (Å²) < 4.78 is 10.1. The number of hydrogen-bond acceptors (Lipinski definition) is 5. The number of rotatable bonds is 4. The molecule has 78 valence electrons. The molecule has 5 nitrogen and oxygen atoms in total. The highest BCUT2D eigenvalue weighted by atomic mass is 32.1. The molecule has 2 heterocycles. The zero-order valence-corrected chi connectivity index (χ0v) is 8.36. The van der Waals surface area contributed by atoms with Gasteiger partial charge in [0.1, 0.15) is 17.2 Å². The highest BCUT2D eigenvalue weighted by Gasteiger charge is 2.07. The van der Waals surface area contributed by atoms with Crippen LogP contribution in [0.5, 0.6) is 5.75 Å². The number of thiophene rings is 1. The van der Waals surface area contributed by atoms with Gasteiger partial charge in [0.25, 0.3) is 0 Å². The second kappa shape index (κ2) is 4.14. The summed E-state index contributed by atoms with van der Waals surface area (Å²) in [5.74, 6) is 0.168. The highest BCUT2D eigenvalue weighted by Crippen LogP contribution is 2.22. The third-order valence-electron chi connectivity index (χ3n) is 1.66. The lowest BCUT2D eigenvalue weighted by Crippen LogP contribution is -1.93. The SMILES string of the molecule is O=C(O)c1cc(OCc2ccno2)cs1. The third kappa shape index (κ3) is 2.35. The normalized spacial score (nSPS) is 10.1. The van der Waals surface area contributed by atoms with Gasteiger partial charge in [0.15, 0.2) is 5.76 Å². The maximum absolute atomic E-state index is 10.6. The Morgan fingerprint density at radius 2 is 2.53 bits per heavy atom. The average molecular weight is 225 g/mol. The minimum Gasteiger partial charge on any atom is -0.485 e. The lowest BCUT2D eigenvalue weighted by atomic mass is 10.4. The van der Waals surface area contributed by atoms with Crippen LogP contribution in [0.3, 0.4) is 0 Å². The van der Waals surface area contributed by atoms with E-state index < -0.39 is 5.97 Å². The molecule has 0 bridgehead atoms. The molecule has 0 saturated heterocycles. The van der Waals surface area contributed by atoms with Crippen molar-refractivity contribution >= 4 is 17.3 Å². The predicted molar refractivity (Wildman–Crippen MR) is 52.1 cm³/mol. The molecule has 0 spiro atoms. The van der Waals surface area contributed by atoms with E-state index >= 15 is 0 Å². The molecule has 0 aliphatic rings. The molecule has 0 amide bonds. The number of ether oxygens (including phenoxy) is 1. The van der Waals surface area contributed by atoms with Crippen molar-refractivity contribution in [1.29, 1.82) is 0 Å². The topological polar surface area (TPSA) is 72.6 Å². The van der Waals surface area contributed by atoms with E-state index in [4.69, 9.17) is 14.4 Å². The van der Waals surface area contributed by atoms with Crippen LogP contribution in [0, 0.1) is 0 Å². The number of aromatic carboxylic acids is 1. The highest BCUT2D eigenvalue weighted by molar-refractivity contribution is 7.12. The minimum atomic E-state index is -0.950. The molecule has 0 aliphatic carbocycles. The number of carboxylic acids is 1. The molecule has 1 N–H and O–H groups in total. The number of nitrogens with zero attached hydrogens (tertiary/aromatic N) is 1. The molecule has 2 rings (SSSR count). The Labute approximate surface area is 88.9 Å². The zero-order chi connectivity index (χ0) is 10.7. The van der Waals surface area contributed by atoms with Crippen LogP contribution in [0.4, 0.5) is 0 Å². The number of carboxylic acid groups (broad SMARTS) is 1. The van der Waals surface area contributed by atoms with Crippen LogP contribution in [0.25, 0.3) is 0 Å². The largest absolute Gasteiger partial charge is 0.485 e. The van der Waals surface area contributed by atoms with Gasteiger partial charge in [-0.3, -0.25) is 0 Å². The summed E-state index contributed by atoms with van der Waals surface area (Å²) >= 11 is 1.12. The van der Waals surface area contributed by atoms with Crippen molar-refractivity contribution in [2.45, 2.75) is 6.61 Å². The molecule has 2 aromatic rings. The first-order chi connectivity index (χ1) is 7.25. The fraction of sp³-hybridized carbons (Fsp3) is 0.111. The number of aromatic nitrogens is 1. The van der Waals surface area contributed by atoms with Crippen molar-refractivity contribution in [3.05, 3.63) is 34.3 Å². The van der Waals surface area contributed by atoms with E-state index in [0.717, 1.165) is 11.3 Å². The van der Waals surface area contributed by atoms with Gasteiger partial charge in [-0.2, -0.15) is 0 Å². The van der Waals surface area contributed by atoms with Gasteiger partial charge in [0.2, 0.25) is 0 Å². The predicted octanol–water partition coefficient (Wildman–Crippen LogP) is 2.01. The molecule has 0 saturated carbocycles. The Morgan fingerprint density at radius 3 is 3.13 bits per heavy atom. The van der Waals surface area contributed by atoms with Crippen molar-refractivity contribution in [2.75, 3.05) is 0 Å². The van der Waals surface area contributed by atoms with Gasteiger partial charge in [-0.15, -0.1) is 11.3 Å². The Balaban J connectivity index is 1.96. The smallest absolute Gasteiger partial charge is 0.346 e. The Morgan fingerprint density at radius 1 is 1.67 bits per heavy atom. The Hall–Kier alpha value is -1.82. The molecule has 0 aromatic carbocycles. The van der Waals surface area contributed by atoms with E-state index in [2.05, 4.69) is 5.16 Å². The van der Waals surface area contributed by atoms with Crippen molar-refractivity contribution in [2.24, 2.45) is 0 Å². The molecule has 0 aliphatic heterocycles. The lowest BCUT2D eigenvalue weighted by Gasteiger charge is -1.98. The molecule has 15 heavy (non-hydrogen) atoms. The van der Waals surface area contributed by atoms with Gasteiger partial charge in [-0.25, -0.2) is 4.79 Å². The second-order valence-corrected chi connectivity index (χ2v) is 3.63. The first kappa shape index (κ1) is 9.72. The summed E-state index contributed by atoms with van der Waals surface area (Å²) in [5.41, 5.74) is 0. The van der Waals surface area contributed by atoms with Crippen molar-refractivity contribution in [1.82, 2.24) is 5.16 Å². The second-order valence-electron chi connectivity index (χ2n) is 2.72. The maximum atomic E-state index is 10.6. The van der Waals surface area contributed by atoms with Crippen molar-refractivity contribution < 1.29 is 19.2 Å². The minimum absolute atomic E-state index is 0.246. The molecule has 6 heteroatoms. The summed E-state index contributed by atoms with van der Waals surface area (Å²) in [6.07, 6.45) is 1.52. The van der Waals surface area contributed by atoms with Gasteiger partial charge in [-0.1, -0.05) is 5.16 Å². The van der Waals surface area contributed by atoms with E-state index in [0.29, 0.717) is 11.5 Å². The van der Waals surface area contributed by atoms with Crippen LogP contribution in [0.15, 0.2) is 28.2 Å². The van der Waals surface area contributed by atoms with Gasteiger partial charge in [-0.05, 0) is 0 Å². The number of hydrogen-bond donors (Lipinski definition) is 1.